The summed E-state index contributed by atoms with van der Waals surface area (Å²) in [6.07, 6.45) is 1.98. The highest BCUT2D eigenvalue weighted by Crippen LogP contribution is 2.16. The molecule has 1 rings (SSSR count). The van der Waals surface area contributed by atoms with Gasteiger partial charge in [0, 0.05) is 19.1 Å². The van der Waals surface area contributed by atoms with Gasteiger partial charge in [-0.25, -0.2) is 17.5 Å². The average Bonchev–Trinajstić information content (AvgIpc) is 2.29. The second-order valence-corrected chi connectivity index (χ2v) is 5.97. The minimum Gasteiger partial charge on any atom is -0.309 e. The Morgan fingerprint density at radius 2 is 1.83 bits per heavy atom. The summed E-state index contributed by atoms with van der Waals surface area (Å²) in [4.78, 5) is 0. The highest BCUT2D eigenvalue weighted by Gasteiger charge is 2.08. The molecule has 0 aliphatic carbocycles. The molecule has 6 heteroatoms. The first kappa shape index (κ1) is 15.1. The van der Waals surface area contributed by atoms with Crippen LogP contribution in [0.2, 0.25) is 0 Å². The summed E-state index contributed by atoms with van der Waals surface area (Å²) in [7, 11) is -3.14. The summed E-state index contributed by atoms with van der Waals surface area (Å²) >= 11 is 0. The third kappa shape index (κ3) is 5.57. The number of halogens is 1. The summed E-state index contributed by atoms with van der Waals surface area (Å²) in [5.41, 5.74) is 0.998. The Balaban J connectivity index is 2.45. The fourth-order valence-electron chi connectivity index (χ4n) is 1.68. The summed E-state index contributed by atoms with van der Waals surface area (Å²) in [6.45, 7) is 2.89. The number of sulfonamides is 1. The Morgan fingerprint density at radius 1 is 1.22 bits per heavy atom. The van der Waals surface area contributed by atoms with Crippen LogP contribution in [-0.4, -0.2) is 27.8 Å². The first-order valence-corrected chi connectivity index (χ1v) is 7.75. The molecular formula is C12H19FN2O2S. The van der Waals surface area contributed by atoms with Crippen molar-refractivity contribution >= 4 is 10.0 Å². The quantitative estimate of drug-likeness (QED) is 0.739. The zero-order chi connectivity index (χ0) is 13.6. The van der Waals surface area contributed by atoms with E-state index in [9.17, 15) is 12.8 Å². The third-order valence-corrected chi connectivity index (χ3v) is 3.29. The lowest BCUT2D eigenvalue weighted by molar-refractivity contribution is 0.515. The van der Waals surface area contributed by atoms with Crippen molar-refractivity contribution in [3.05, 3.63) is 35.6 Å². The summed E-state index contributed by atoms with van der Waals surface area (Å²) < 4.78 is 37.0. The van der Waals surface area contributed by atoms with Gasteiger partial charge in [0.1, 0.15) is 5.82 Å². The van der Waals surface area contributed by atoms with Crippen molar-refractivity contribution in [2.45, 2.75) is 19.4 Å². The second kappa shape index (κ2) is 6.82. The van der Waals surface area contributed by atoms with Crippen LogP contribution in [0.3, 0.4) is 0 Å². The van der Waals surface area contributed by atoms with Gasteiger partial charge in [0.25, 0.3) is 0 Å². The zero-order valence-electron chi connectivity index (χ0n) is 10.6. The molecule has 0 spiro atoms. The zero-order valence-corrected chi connectivity index (χ0v) is 11.4. The van der Waals surface area contributed by atoms with Crippen LogP contribution in [0.1, 0.15) is 24.9 Å². The number of benzene rings is 1. The number of hydrogen-bond donors (Lipinski definition) is 2. The van der Waals surface area contributed by atoms with Gasteiger partial charge >= 0.3 is 0 Å². The van der Waals surface area contributed by atoms with Gasteiger partial charge in [0.05, 0.1) is 6.26 Å². The fraction of sp³-hybridized carbons (Fsp3) is 0.500. The van der Waals surface area contributed by atoms with Gasteiger partial charge in [-0.1, -0.05) is 19.1 Å². The van der Waals surface area contributed by atoms with E-state index in [4.69, 9.17) is 0 Å². The number of nitrogens with one attached hydrogen (secondary N) is 2. The molecule has 0 fully saturated rings. The molecule has 1 aromatic carbocycles. The minimum atomic E-state index is -3.14. The van der Waals surface area contributed by atoms with Gasteiger partial charge < -0.3 is 5.32 Å². The van der Waals surface area contributed by atoms with Crippen molar-refractivity contribution in [1.82, 2.24) is 10.0 Å². The van der Waals surface area contributed by atoms with E-state index in [0.29, 0.717) is 13.1 Å². The van der Waals surface area contributed by atoms with Crippen LogP contribution in [0, 0.1) is 5.82 Å². The lowest BCUT2D eigenvalue weighted by Crippen LogP contribution is -2.32. The van der Waals surface area contributed by atoms with Crippen LogP contribution in [0.25, 0.3) is 0 Å². The Bertz CT molecular complexity index is 459. The van der Waals surface area contributed by atoms with Crippen molar-refractivity contribution in [3.8, 4) is 0 Å². The molecule has 1 unspecified atom stereocenters. The van der Waals surface area contributed by atoms with E-state index < -0.39 is 10.0 Å². The Labute approximate surface area is 108 Å². The summed E-state index contributed by atoms with van der Waals surface area (Å²) in [6, 6.07) is 6.43. The topological polar surface area (TPSA) is 58.2 Å². The molecular weight excluding hydrogens is 255 g/mol. The van der Waals surface area contributed by atoms with Crippen molar-refractivity contribution in [1.29, 1.82) is 0 Å². The second-order valence-electron chi connectivity index (χ2n) is 4.13. The largest absolute Gasteiger partial charge is 0.309 e. The molecule has 0 saturated carbocycles. The minimum absolute atomic E-state index is 0.104. The van der Waals surface area contributed by atoms with E-state index >= 15 is 0 Å². The lowest BCUT2D eigenvalue weighted by Gasteiger charge is -2.17. The highest BCUT2D eigenvalue weighted by molar-refractivity contribution is 7.88. The molecule has 18 heavy (non-hydrogen) atoms. The molecule has 0 aromatic heterocycles. The van der Waals surface area contributed by atoms with E-state index in [1.807, 2.05) is 6.92 Å². The normalized spacial score (nSPS) is 13.5. The molecule has 4 nitrogen and oxygen atoms in total. The lowest BCUT2D eigenvalue weighted by atomic mass is 10.0. The first-order valence-electron chi connectivity index (χ1n) is 5.86. The predicted molar refractivity (Wildman–Crippen MR) is 70.3 cm³/mol. The maximum absolute atomic E-state index is 12.8. The molecule has 1 aromatic rings. The van der Waals surface area contributed by atoms with Gasteiger partial charge in [-0.05, 0) is 24.1 Å². The van der Waals surface area contributed by atoms with Gasteiger partial charge in [-0.2, -0.15) is 0 Å². The van der Waals surface area contributed by atoms with Gasteiger partial charge in [0.15, 0.2) is 0 Å². The SMILES string of the molecule is CCC(NCCNS(C)(=O)=O)c1ccc(F)cc1. The monoisotopic (exact) mass is 274 g/mol. The standard InChI is InChI=1S/C12H19FN2O2S/c1-3-12(10-4-6-11(13)7-5-10)14-8-9-15-18(2,16)17/h4-7,12,14-15H,3,8-9H2,1-2H3. The first-order chi connectivity index (χ1) is 8.42. The molecule has 0 amide bonds. The number of hydrogen-bond acceptors (Lipinski definition) is 3. The van der Waals surface area contributed by atoms with Crippen molar-refractivity contribution in [2.24, 2.45) is 0 Å². The Hall–Kier alpha value is -0.980. The van der Waals surface area contributed by atoms with Gasteiger partial charge in [-0.15, -0.1) is 0 Å². The molecule has 1 atom stereocenters. The molecule has 2 N–H and O–H groups in total. The van der Waals surface area contributed by atoms with E-state index in [1.165, 1.54) is 12.1 Å². The van der Waals surface area contributed by atoms with Crippen LogP contribution < -0.4 is 10.0 Å². The van der Waals surface area contributed by atoms with Crippen LogP contribution >= 0.6 is 0 Å². The average molecular weight is 274 g/mol. The molecule has 0 radical (unpaired) electrons. The summed E-state index contributed by atoms with van der Waals surface area (Å²) in [5, 5.41) is 3.23. The maximum Gasteiger partial charge on any atom is 0.208 e. The van der Waals surface area contributed by atoms with Crippen LogP contribution in [-0.2, 0) is 10.0 Å². The van der Waals surface area contributed by atoms with Crippen LogP contribution in [0.15, 0.2) is 24.3 Å². The molecule has 0 heterocycles. The van der Waals surface area contributed by atoms with Gasteiger partial charge in [-0.3, -0.25) is 0 Å². The Kier molecular flexibility index (Phi) is 5.71. The maximum atomic E-state index is 12.8. The molecule has 0 saturated heterocycles. The van der Waals surface area contributed by atoms with Crippen molar-refractivity contribution in [3.63, 3.8) is 0 Å². The van der Waals surface area contributed by atoms with E-state index in [0.717, 1.165) is 18.2 Å². The van der Waals surface area contributed by atoms with Crippen molar-refractivity contribution < 1.29 is 12.8 Å². The summed E-state index contributed by atoms with van der Waals surface area (Å²) in [5.74, 6) is -0.257. The highest BCUT2D eigenvalue weighted by atomic mass is 32.2. The van der Waals surface area contributed by atoms with Crippen molar-refractivity contribution in [2.75, 3.05) is 19.3 Å². The van der Waals surface area contributed by atoms with Gasteiger partial charge in [0.2, 0.25) is 10.0 Å². The smallest absolute Gasteiger partial charge is 0.208 e. The van der Waals surface area contributed by atoms with E-state index in [-0.39, 0.29) is 11.9 Å². The van der Waals surface area contributed by atoms with E-state index in [2.05, 4.69) is 10.0 Å². The molecule has 102 valence electrons. The molecule has 0 aliphatic heterocycles. The third-order valence-electron chi connectivity index (χ3n) is 2.56. The van der Waals surface area contributed by atoms with Crippen LogP contribution in [0.5, 0.6) is 0 Å². The number of rotatable bonds is 7. The van der Waals surface area contributed by atoms with E-state index in [1.54, 1.807) is 12.1 Å². The van der Waals surface area contributed by atoms with Crippen LogP contribution in [0.4, 0.5) is 4.39 Å². The fourth-order valence-corrected chi connectivity index (χ4v) is 2.15. The molecule has 0 aliphatic rings. The Morgan fingerprint density at radius 3 is 2.33 bits per heavy atom. The predicted octanol–water partition coefficient (Wildman–Crippen LogP) is 1.42. The molecule has 0 bridgehead atoms.